The topological polar surface area (TPSA) is 44.0 Å². The highest BCUT2D eigenvalue weighted by atomic mass is 15.3. The van der Waals surface area contributed by atoms with Crippen LogP contribution >= 0.6 is 0 Å². The van der Waals surface area contributed by atoms with Crippen molar-refractivity contribution in [1.29, 1.82) is 0 Å². The summed E-state index contributed by atoms with van der Waals surface area (Å²) in [6, 6.07) is 5.57. The van der Waals surface area contributed by atoms with Gasteiger partial charge >= 0.3 is 0 Å². The molecule has 0 aromatic carbocycles. The summed E-state index contributed by atoms with van der Waals surface area (Å²) in [5.41, 5.74) is 2.49. The molecule has 2 aliphatic rings. The van der Waals surface area contributed by atoms with E-state index in [0.29, 0.717) is 12.1 Å². The van der Waals surface area contributed by atoms with Crippen LogP contribution in [0.2, 0.25) is 0 Å². The number of nitrogens with zero attached hydrogens (tertiary/aromatic N) is 2. The Morgan fingerprint density at radius 2 is 2.10 bits per heavy atom. The molecule has 4 nitrogen and oxygen atoms in total. The highest BCUT2D eigenvalue weighted by molar-refractivity contribution is 5.90. The largest absolute Gasteiger partial charge is 0.365 e. The third kappa shape index (κ3) is 2.22. The van der Waals surface area contributed by atoms with Crippen molar-refractivity contribution in [2.75, 3.05) is 11.4 Å². The van der Waals surface area contributed by atoms with E-state index in [1.165, 1.54) is 36.8 Å². The molecule has 2 unspecified atom stereocenters. The summed E-state index contributed by atoms with van der Waals surface area (Å²) in [5, 5.41) is 5.12. The molecule has 1 saturated carbocycles. The first kappa shape index (κ1) is 13.1. The molecule has 1 aliphatic carbocycles. The second-order valence-electron chi connectivity index (χ2n) is 7.18. The van der Waals surface area contributed by atoms with Gasteiger partial charge in [0.2, 0.25) is 0 Å². The highest BCUT2D eigenvalue weighted by Crippen LogP contribution is 2.36. The Kier molecular flexibility index (Phi) is 2.96. The lowest BCUT2D eigenvalue weighted by molar-refractivity contribution is 0.199. The van der Waals surface area contributed by atoms with E-state index in [0.717, 1.165) is 12.2 Å². The van der Waals surface area contributed by atoms with Crippen LogP contribution in [0, 0.1) is 0 Å². The number of fused-ring (bicyclic) bond motifs is 2. The fraction of sp³-hybridized carbons (Fsp3) is 0.588. The van der Waals surface area contributed by atoms with Gasteiger partial charge in [0, 0.05) is 47.6 Å². The summed E-state index contributed by atoms with van der Waals surface area (Å²) in [7, 11) is 0. The molecule has 2 N–H and O–H groups in total. The Morgan fingerprint density at radius 3 is 3.00 bits per heavy atom. The summed E-state index contributed by atoms with van der Waals surface area (Å²) >= 11 is 0. The fourth-order valence-electron chi connectivity index (χ4n) is 4.20. The molecule has 0 bridgehead atoms. The van der Waals surface area contributed by atoms with E-state index >= 15 is 0 Å². The Labute approximate surface area is 125 Å². The van der Waals surface area contributed by atoms with Crippen LogP contribution in [-0.4, -0.2) is 34.1 Å². The van der Waals surface area contributed by atoms with Gasteiger partial charge in [0.05, 0.1) is 0 Å². The van der Waals surface area contributed by atoms with E-state index in [1.54, 1.807) is 0 Å². The van der Waals surface area contributed by atoms with Gasteiger partial charge in [0.1, 0.15) is 5.65 Å². The Morgan fingerprint density at radius 1 is 1.24 bits per heavy atom. The Bertz CT molecular complexity index is 645. The minimum absolute atomic E-state index is 0.157. The van der Waals surface area contributed by atoms with Crippen LogP contribution in [0.4, 0.5) is 5.69 Å². The summed E-state index contributed by atoms with van der Waals surface area (Å²) < 4.78 is 0. The van der Waals surface area contributed by atoms with Gasteiger partial charge in [-0.3, -0.25) is 0 Å². The van der Waals surface area contributed by atoms with Crippen LogP contribution < -0.4 is 10.2 Å². The smallest absolute Gasteiger partial charge is 0.139 e. The van der Waals surface area contributed by atoms with Crippen molar-refractivity contribution >= 4 is 16.7 Å². The molecule has 1 saturated heterocycles. The zero-order chi connectivity index (χ0) is 14.4. The lowest BCUT2D eigenvalue weighted by atomic mass is 9.83. The first-order valence-corrected chi connectivity index (χ1v) is 8.10. The van der Waals surface area contributed by atoms with Gasteiger partial charge < -0.3 is 15.2 Å². The van der Waals surface area contributed by atoms with E-state index < -0.39 is 0 Å². The van der Waals surface area contributed by atoms with Crippen LogP contribution in [0.5, 0.6) is 0 Å². The van der Waals surface area contributed by atoms with Gasteiger partial charge in [0.15, 0.2) is 0 Å². The molecule has 21 heavy (non-hydrogen) atoms. The maximum atomic E-state index is 4.44. The molecule has 0 amide bonds. The van der Waals surface area contributed by atoms with Crippen LogP contribution in [0.25, 0.3) is 11.0 Å². The average Bonchev–Trinajstić information content (AvgIpc) is 2.93. The second kappa shape index (κ2) is 4.73. The van der Waals surface area contributed by atoms with E-state index in [2.05, 4.69) is 46.2 Å². The summed E-state index contributed by atoms with van der Waals surface area (Å²) in [6.45, 7) is 5.69. The monoisotopic (exact) mass is 284 g/mol. The minimum Gasteiger partial charge on any atom is -0.365 e. The first-order chi connectivity index (χ1) is 10.1. The predicted molar refractivity (Wildman–Crippen MR) is 86.7 cm³/mol. The maximum Gasteiger partial charge on any atom is 0.139 e. The van der Waals surface area contributed by atoms with E-state index in [4.69, 9.17) is 0 Å². The van der Waals surface area contributed by atoms with Crippen molar-refractivity contribution in [2.24, 2.45) is 0 Å². The summed E-state index contributed by atoms with van der Waals surface area (Å²) in [6.07, 6.45) is 9.22. The van der Waals surface area contributed by atoms with Crippen LogP contribution in [-0.2, 0) is 0 Å². The van der Waals surface area contributed by atoms with Gasteiger partial charge in [-0.25, -0.2) is 4.98 Å². The van der Waals surface area contributed by atoms with Crippen molar-refractivity contribution in [2.45, 2.75) is 57.2 Å². The number of aromatic amines is 1. The van der Waals surface area contributed by atoms with Crippen LogP contribution in [0.15, 0.2) is 24.5 Å². The first-order valence-electron chi connectivity index (χ1n) is 8.10. The molecule has 1 aliphatic heterocycles. The molecule has 4 heteroatoms. The van der Waals surface area contributed by atoms with Crippen molar-refractivity contribution in [1.82, 2.24) is 15.3 Å². The number of hydrogen-bond donors (Lipinski definition) is 2. The van der Waals surface area contributed by atoms with E-state index in [9.17, 15) is 0 Å². The summed E-state index contributed by atoms with van der Waals surface area (Å²) in [5.74, 6) is 0. The number of H-pyrrole nitrogens is 1. The molecule has 2 atom stereocenters. The van der Waals surface area contributed by atoms with Gasteiger partial charge in [-0.2, -0.15) is 0 Å². The van der Waals surface area contributed by atoms with Crippen molar-refractivity contribution in [3.63, 3.8) is 0 Å². The fourth-order valence-corrected chi connectivity index (χ4v) is 4.20. The SMILES string of the molecule is CC1(C)CN(c2ccnc3[nH]ccc23)C2CCCCC2N1. The minimum atomic E-state index is 0.157. The molecular weight excluding hydrogens is 260 g/mol. The number of aromatic nitrogens is 2. The van der Waals surface area contributed by atoms with Gasteiger partial charge in [0.25, 0.3) is 0 Å². The van der Waals surface area contributed by atoms with E-state index in [1.807, 2.05) is 12.4 Å². The second-order valence-corrected chi connectivity index (χ2v) is 7.18. The normalized spacial score (nSPS) is 28.6. The Balaban J connectivity index is 1.79. The zero-order valence-corrected chi connectivity index (χ0v) is 12.9. The van der Waals surface area contributed by atoms with E-state index in [-0.39, 0.29) is 5.54 Å². The van der Waals surface area contributed by atoms with Gasteiger partial charge in [-0.05, 0) is 38.8 Å². The number of hydrogen-bond acceptors (Lipinski definition) is 3. The lowest BCUT2D eigenvalue weighted by Crippen LogP contribution is -2.67. The molecule has 0 spiro atoms. The number of piperazine rings is 1. The summed E-state index contributed by atoms with van der Waals surface area (Å²) in [4.78, 5) is 10.3. The van der Waals surface area contributed by atoms with Crippen LogP contribution in [0.3, 0.4) is 0 Å². The van der Waals surface area contributed by atoms with Crippen molar-refractivity contribution in [3.8, 4) is 0 Å². The molecule has 112 valence electrons. The standard InChI is InChI=1S/C17H24N4/c1-17(2)11-21(15-6-4-3-5-13(15)20-17)14-8-10-19-16-12(14)7-9-18-16/h7-10,13,15,20H,3-6,11H2,1-2H3,(H,18,19). The molecule has 2 aromatic rings. The lowest BCUT2D eigenvalue weighted by Gasteiger charge is -2.52. The quantitative estimate of drug-likeness (QED) is 0.846. The molecule has 3 heterocycles. The number of pyridine rings is 1. The van der Waals surface area contributed by atoms with Crippen molar-refractivity contribution < 1.29 is 0 Å². The number of nitrogens with one attached hydrogen (secondary N) is 2. The molecule has 4 rings (SSSR count). The maximum absolute atomic E-state index is 4.44. The zero-order valence-electron chi connectivity index (χ0n) is 12.9. The van der Waals surface area contributed by atoms with Crippen LogP contribution in [0.1, 0.15) is 39.5 Å². The van der Waals surface area contributed by atoms with Crippen molar-refractivity contribution in [3.05, 3.63) is 24.5 Å². The Hall–Kier alpha value is -1.55. The average molecular weight is 284 g/mol. The number of anilines is 1. The third-order valence-corrected chi connectivity index (χ3v) is 5.02. The van der Waals surface area contributed by atoms with Gasteiger partial charge in [-0.15, -0.1) is 0 Å². The van der Waals surface area contributed by atoms with Gasteiger partial charge in [-0.1, -0.05) is 12.8 Å². The molecular formula is C17H24N4. The molecule has 0 radical (unpaired) electrons. The molecule has 2 aromatic heterocycles. The highest BCUT2D eigenvalue weighted by Gasteiger charge is 2.40. The third-order valence-electron chi connectivity index (χ3n) is 5.02. The predicted octanol–water partition coefficient (Wildman–Crippen LogP) is 3.06. The molecule has 2 fully saturated rings. The number of rotatable bonds is 1.